The number of hydrogen-bond acceptors (Lipinski definition) is 6. The number of benzene rings is 2. The lowest BCUT2D eigenvalue weighted by molar-refractivity contribution is -0.111. The molecule has 2 aromatic carbocycles. The van der Waals surface area contributed by atoms with Gasteiger partial charge in [-0.15, -0.1) is 0 Å². The molecule has 1 heterocycles. The van der Waals surface area contributed by atoms with Crippen molar-refractivity contribution in [3.63, 3.8) is 0 Å². The van der Waals surface area contributed by atoms with E-state index in [-0.39, 0.29) is 5.91 Å². The molecule has 0 saturated carbocycles. The van der Waals surface area contributed by atoms with Crippen molar-refractivity contribution in [3.8, 4) is 11.5 Å². The smallest absolute Gasteiger partial charge is 0.267 e. The highest BCUT2D eigenvalue weighted by Gasteiger charge is 2.14. The van der Waals surface area contributed by atoms with Crippen molar-refractivity contribution in [2.24, 2.45) is 0 Å². The lowest BCUT2D eigenvalue weighted by Gasteiger charge is -2.08. The van der Waals surface area contributed by atoms with Crippen molar-refractivity contribution in [1.82, 2.24) is 4.98 Å². The summed E-state index contributed by atoms with van der Waals surface area (Å²) >= 11 is 7.21. The molecule has 2 amide bonds. The monoisotopic (exact) mass is 457 g/mol. The van der Waals surface area contributed by atoms with E-state index >= 15 is 0 Å². The van der Waals surface area contributed by atoms with Crippen molar-refractivity contribution in [1.29, 1.82) is 0 Å². The molecule has 0 unspecified atom stereocenters. The van der Waals surface area contributed by atoms with Crippen LogP contribution in [0.15, 0.2) is 48.7 Å². The van der Waals surface area contributed by atoms with E-state index in [4.69, 9.17) is 21.1 Å². The number of para-hydroxylation sites is 1. The van der Waals surface area contributed by atoms with Crippen LogP contribution < -0.4 is 20.1 Å². The maximum Gasteiger partial charge on any atom is 0.267 e. The van der Waals surface area contributed by atoms with E-state index in [0.717, 1.165) is 16.9 Å². The standard InChI is InChI=1S/C22H20ClN3O4S/c1-13-5-4-6-16(23)20(13)26-21(28)18-12-24-22(31-18)25-19(27)10-7-14-11-15(29-2)8-9-17(14)30-3/h4-12H,1-3H3,(H,26,28)(H,24,25,27)/b10-7+. The Morgan fingerprint density at radius 1 is 1.13 bits per heavy atom. The SMILES string of the molecule is COc1ccc(OC)c(/C=C/C(=O)Nc2ncc(C(=O)Nc3c(C)cccc3Cl)s2)c1. The summed E-state index contributed by atoms with van der Waals surface area (Å²) in [4.78, 5) is 29.2. The maximum atomic E-state index is 12.5. The lowest BCUT2D eigenvalue weighted by atomic mass is 10.1. The summed E-state index contributed by atoms with van der Waals surface area (Å²) in [6.45, 7) is 1.85. The van der Waals surface area contributed by atoms with Gasteiger partial charge in [-0.05, 0) is 42.8 Å². The highest BCUT2D eigenvalue weighted by Crippen LogP contribution is 2.28. The second-order valence-corrected chi connectivity index (χ2v) is 7.78. The third kappa shape index (κ3) is 5.62. The molecule has 9 heteroatoms. The van der Waals surface area contributed by atoms with Gasteiger partial charge in [0.2, 0.25) is 5.91 Å². The van der Waals surface area contributed by atoms with Crippen LogP contribution >= 0.6 is 22.9 Å². The normalized spacial score (nSPS) is 10.7. The van der Waals surface area contributed by atoms with E-state index in [1.807, 2.05) is 19.1 Å². The number of carbonyl (C=O) groups is 2. The predicted octanol–water partition coefficient (Wildman–Crippen LogP) is 5.03. The Kier molecular flexibility index (Phi) is 7.28. The first-order valence-electron chi connectivity index (χ1n) is 9.14. The van der Waals surface area contributed by atoms with Crippen LogP contribution in [0.4, 0.5) is 10.8 Å². The van der Waals surface area contributed by atoms with Crippen LogP contribution in [0.1, 0.15) is 20.8 Å². The number of rotatable bonds is 7. The van der Waals surface area contributed by atoms with E-state index in [9.17, 15) is 9.59 Å². The van der Waals surface area contributed by atoms with Crippen LogP contribution in [-0.4, -0.2) is 31.0 Å². The van der Waals surface area contributed by atoms with Gasteiger partial charge in [0.05, 0.1) is 31.1 Å². The molecule has 3 rings (SSSR count). The Morgan fingerprint density at radius 2 is 1.94 bits per heavy atom. The van der Waals surface area contributed by atoms with E-state index in [0.29, 0.717) is 37.8 Å². The number of carbonyl (C=O) groups excluding carboxylic acids is 2. The van der Waals surface area contributed by atoms with E-state index < -0.39 is 5.91 Å². The number of aryl methyl sites for hydroxylation is 1. The van der Waals surface area contributed by atoms with Gasteiger partial charge in [-0.1, -0.05) is 35.1 Å². The Labute approximate surface area is 188 Å². The molecule has 2 N–H and O–H groups in total. The summed E-state index contributed by atoms with van der Waals surface area (Å²) in [6.07, 6.45) is 4.36. The molecule has 7 nitrogen and oxygen atoms in total. The number of nitrogens with one attached hydrogen (secondary N) is 2. The molecule has 0 radical (unpaired) electrons. The third-order valence-corrected chi connectivity index (χ3v) is 5.50. The van der Waals surface area contributed by atoms with Crippen molar-refractivity contribution in [3.05, 3.63) is 69.7 Å². The van der Waals surface area contributed by atoms with Gasteiger partial charge in [0.25, 0.3) is 5.91 Å². The zero-order chi connectivity index (χ0) is 22.4. The number of hydrogen-bond donors (Lipinski definition) is 2. The summed E-state index contributed by atoms with van der Waals surface area (Å²) in [6, 6.07) is 10.6. The van der Waals surface area contributed by atoms with Gasteiger partial charge >= 0.3 is 0 Å². The van der Waals surface area contributed by atoms with Crippen LogP contribution in [0.5, 0.6) is 11.5 Å². The molecule has 0 aliphatic carbocycles. The van der Waals surface area contributed by atoms with Gasteiger partial charge in [0, 0.05) is 11.6 Å². The average Bonchev–Trinajstić information content (AvgIpc) is 3.23. The molecule has 160 valence electrons. The van der Waals surface area contributed by atoms with Gasteiger partial charge in [-0.2, -0.15) is 0 Å². The van der Waals surface area contributed by atoms with E-state index in [1.165, 1.54) is 12.3 Å². The number of aromatic nitrogens is 1. The summed E-state index contributed by atoms with van der Waals surface area (Å²) in [5.74, 6) is 0.497. The first kappa shape index (κ1) is 22.3. The van der Waals surface area contributed by atoms with Crippen molar-refractivity contribution >= 4 is 51.6 Å². The maximum absolute atomic E-state index is 12.5. The molecule has 0 bridgehead atoms. The van der Waals surface area contributed by atoms with Crippen molar-refractivity contribution in [2.45, 2.75) is 6.92 Å². The summed E-state index contributed by atoms with van der Waals surface area (Å²) in [5.41, 5.74) is 2.08. The molecule has 0 spiro atoms. The van der Waals surface area contributed by atoms with E-state index in [2.05, 4.69) is 15.6 Å². The van der Waals surface area contributed by atoms with Gasteiger partial charge in [-0.3, -0.25) is 14.9 Å². The number of halogens is 1. The minimum absolute atomic E-state index is 0.299. The lowest BCUT2D eigenvalue weighted by Crippen LogP contribution is -2.11. The molecule has 0 fully saturated rings. The molecule has 0 atom stereocenters. The molecule has 1 aromatic heterocycles. The fourth-order valence-electron chi connectivity index (χ4n) is 2.68. The molecule has 31 heavy (non-hydrogen) atoms. The summed E-state index contributed by atoms with van der Waals surface area (Å²) in [7, 11) is 3.11. The number of amides is 2. The van der Waals surface area contributed by atoms with Crippen molar-refractivity contribution < 1.29 is 19.1 Å². The number of methoxy groups -OCH3 is 2. The minimum atomic E-state index is -0.395. The molecular formula is C22H20ClN3O4S. The number of anilines is 2. The topological polar surface area (TPSA) is 89.6 Å². The number of thiazole rings is 1. The van der Waals surface area contributed by atoms with Gasteiger partial charge < -0.3 is 14.8 Å². The van der Waals surface area contributed by atoms with Crippen LogP contribution in [0.3, 0.4) is 0 Å². The Balaban J connectivity index is 1.66. The number of nitrogens with zero attached hydrogens (tertiary/aromatic N) is 1. The summed E-state index contributed by atoms with van der Waals surface area (Å²) < 4.78 is 10.5. The van der Waals surface area contributed by atoms with Crippen molar-refractivity contribution in [2.75, 3.05) is 24.9 Å². The first-order valence-corrected chi connectivity index (χ1v) is 10.3. The summed E-state index contributed by atoms with van der Waals surface area (Å²) in [5, 5.41) is 6.17. The molecule has 3 aromatic rings. The highest BCUT2D eigenvalue weighted by molar-refractivity contribution is 7.17. The van der Waals surface area contributed by atoms with Gasteiger partial charge in [0.15, 0.2) is 5.13 Å². The Bertz CT molecular complexity index is 1120. The minimum Gasteiger partial charge on any atom is -0.497 e. The Hall–Kier alpha value is -3.36. The molecule has 0 aliphatic heterocycles. The van der Waals surface area contributed by atoms with Crippen LogP contribution in [0, 0.1) is 6.92 Å². The second-order valence-electron chi connectivity index (χ2n) is 6.35. The van der Waals surface area contributed by atoms with Crippen LogP contribution in [0.2, 0.25) is 5.02 Å². The zero-order valence-corrected chi connectivity index (χ0v) is 18.6. The third-order valence-electron chi connectivity index (χ3n) is 4.27. The highest BCUT2D eigenvalue weighted by atomic mass is 35.5. The fraction of sp³-hybridized carbons (Fsp3) is 0.136. The second kappa shape index (κ2) is 10.1. The van der Waals surface area contributed by atoms with Crippen LogP contribution in [-0.2, 0) is 4.79 Å². The van der Waals surface area contributed by atoms with Gasteiger partial charge in [0.1, 0.15) is 16.4 Å². The van der Waals surface area contributed by atoms with Gasteiger partial charge in [-0.25, -0.2) is 4.98 Å². The average molecular weight is 458 g/mol. The Morgan fingerprint density at radius 3 is 2.65 bits per heavy atom. The quantitative estimate of drug-likeness (QED) is 0.486. The first-order chi connectivity index (χ1) is 14.9. The number of ether oxygens (including phenoxy) is 2. The fourth-order valence-corrected chi connectivity index (χ4v) is 3.67. The molecular weight excluding hydrogens is 438 g/mol. The predicted molar refractivity (Wildman–Crippen MR) is 123 cm³/mol. The zero-order valence-electron chi connectivity index (χ0n) is 17.1. The largest absolute Gasteiger partial charge is 0.497 e. The molecule has 0 saturated heterocycles. The van der Waals surface area contributed by atoms with E-state index in [1.54, 1.807) is 44.6 Å². The molecule has 0 aliphatic rings. The van der Waals surface area contributed by atoms with Crippen LogP contribution in [0.25, 0.3) is 6.08 Å².